The van der Waals surface area contributed by atoms with Gasteiger partial charge in [0.15, 0.2) is 5.78 Å². The van der Waals surface area contributed by atoms with Crippen LogP contribution in [0.1, 0.15) is 16.8 Å². The fraction of sp³-hybridized carbons (Fsp3) is 0.273. The third kappa shape index (κ3) is 1.89. The highest BCUT2D eigenvalue weighted by Crippen LogP contribution is 2.22. The predicted molar refractivity (Wildman–Crippen MR) is 58.2 cm³/mol. The van der Waals surface area contributed by atoms with E-state index in [0.29, 0.717) is 12.0 Å². The van der Waals surface area contributed by atoms with Crippen LogP contribution in [0.2, 0.25) is 0 Å². The predicted octanol–water partition coefficient (Wildman–Crippen LogP) is 0.750. The largest absolute Gasteiger partial charge is 0.383 e. The number of hydrogen-bond donors (Lipinski definition) is 2. The van der Waals surface area contributed by atoms with E-state index in [1.54, 1.807) is 18.3 Å². The first-order valence-corrected chi connectivity index (χ1v) is 4.87. The van der Waals surface area contributed by atoms with E-state index in [4.69, 9.17) is 11.5 Å². The summed E-state index contributed by atoms with van der Waals surface area (Å²) in [6.07, 6.45) is 5.93. The molecule has 4 nitrogen and oxygen atoms in total. The van der Waals surface area contributed by atoms with Crippen LogP contribution in [0.25, 0.3) is 0 Å². The number of pyridine rings is 1. The molecule has 0 bridgehead atoms. The monoisotopic (exact) mass is 203 g/mol. The maximum atomic E-state index is 12.0. The first-order chi connectivity index (χ1) is 7.18. The molecular formula is C11H13N3O. The number of Topliss-reactive ketones (excluding diaryl/α,β-unsaturated/α-hetero) is 1. The van der Waals surface area contributed by atoms with E-state index in [0.717, 1.165) is 0 Å². The number of carbonyl (C=O) groups is 1. The van der Waals surface area contributed by atoms with Gasteiger partial charge in [0, 0.05) is 18.2 Å². The van der Waals surface area contributed by atoms with Crippen LogP contribution in [0.4, 0.5) is 5.82 Å². The number of nitrogens with two attached hydrogens (primary N) is 2. The van der Waals surface area contributed by atoms with Crippen LogP contribution < -0.4 is 11.5 Å². The molecule has 0 radical (unpaired) electrons. The molecular weight excluding hydrogens is 190 g/mol. The molecule has 15 heavy (non-hydrogen) atoms. The van der Waals surface area contributed by atoms with Crippen molar-refractivity contribution >= 4 is 11.6 Å². The number of anilines is 1. The third-order valence-corrected chi connectivity index (χ3v) is 2.56. The molecule has 0 aliphatic heterocycles. The lowest BCUT2D eigenvalue weighted by Crippen LogP contribution is -2.20. The summed E-state index contributed by atoms with van der Waals surface area (Å²) in [6.45, 7) is 0. The second kappa shape index (κ2) is 3.82. The Balaban J connectivity index is 2.22. The highest BCUT2D eigenvalue weighted by molar-refractivity contribution is 6.02. The van der Waals surface area contributed by atoms with Gasteiger partial charge in [0.25, 0.3) is 0 Å². The normalized spacial score (nSPS) is 24.3. The second-order valence-corrected chi connectivity index (χ2v) is 3.69. The summed E-state index contributed by atoms with van der Waals surface area (Å²) in [6, 6.07) is 3.39. The number of allylic oxidation sites excluding steroid dienone is 1. The number of nitrogen functional groups attached to an aromatic ring is 1. The fourth-order valence-corrected chi connectivity index (χ4v) is 1.75. The van der Waals surface area contributed by atoms with Crippen molar-refractivity contribution in [3.8, 4) is 0 Å². The molecule has 0 saturated heterocycles. The van der Waals surface area contributed by atoms with Gasteiger partial charge in [-0.05, 0) is 18.6 Å². The molecule has 0 fully saturated rings. The van der Waals surface area contributed by atoms with Crippen molar-refractivity contribution in [2.75, 3.05) is 5.73 Å². The zero-order chi connectivity index (χ0) is 10.8. The van der Waals surface area contributed by atoms with E-state index in [1.807, 2.05) is 12.2 Å². The second-order valence-electron chi connectivity index (χ2n) is 3.69. The zero-order valence-corrected chi connectivity index (χ0v) is 8.26. The van der Waals surface area contributed by atoms with E-state index >= 15 is 0 Å². The van der Waals surface area contributed by atoms with Crippen molar-refractivity contribution < 1.29 is 4.79 Å². The molecule has 1 heterocycles. The molecule has 1 aromatic rings. The van der Waals surface area contributed by atoms with Crippen molar-refractivity contribution in [3.63, 3.8) is 0 Å². The van der Waals surface area contributed by atoms with E-state index in [9.17, 15) is 4.79 Å². The lowest BCUT2D eigenvalue weighted by Gasteiger charge is -2.09. The Morgan fingerprint density at radius 3 is 2.87 bits per heavy atom. The van der Waals surface area contributed by atoms with Crippen LogP contribution in [-0.4, -0.2) is 16.8 Å². The fourth-order valence-electron chi connectivity index (χ4n) is 1.75. The molecule has 0 saturated carbocycles. The minimum atomic E-state index is -0.147. The average Bonchev–Trinajstić information content (AvgIpc) is 2.65. The Hall–Kier alpha value is -1.68. The third-order valence-electron chi connectivity index (χ3n) is 2.56. The van der Waals surface area contributed by atoms with Crippen LogP contribution in [0.3, 0.4) is 0 Å². The van der Waals surface area contributed by atoms with Gasteiger partial charge in [-0.1, -0.05) is 12.2 Å². The molecule has 1 aromatic heterocycles. The van der Waals surface area contributed by atoms with Gasteiger partial charge in [0.2, 0.25) is 0 Å². The standard InChI is InChI=1S/C11H13N3O/c12-8-4-3-7(6-8)10(15)9-2-1-5-14-11(9)13/h1-5,7-8H,6,12H2,(H2,13,14). The van der Waals surface area contributed by atoms with E-state index in [1.165, 1.54) is 0 Å². The number of ketones is 1. The summed E-state index contributed by atoms with van der Waals surface area (Å²) in [7, 11) is 0. The van der Waals surface area contributed by atoms with Crippen molar-refractivity contribution in [2.45, 2.75) is 12.5 Å². The number of nitrogens with zero attached hydrogens (tertiary/aromatic N) is 1. The van der Waals surface area contributed by atoms with Gasteiger partial charge in [-0.25, -0.2) is 4.98 Å². The van der Waals surface area contributed by atoms with Crippen LogP contribution >= 0.6 is 0 Å². The topological polar surface area (TPSA) is 82.0 Å². The number of aromatic nitrogens is 1. The average molecular weight is 203 g/mol. The molecule has 0 aromatic carbocycles. The Morgan fingerprint density at radius 2 is 2.27 bits per heavy atom. The number of rotatable bonds is 2. The highest BCUT2D eigenvalue weighted by atomic mass is 16.1. The molecule has 1 aliphatic carbocycles. The van der Waals surface area contributed by atoms with Crippen LogP contribution in [0, 0.1) is 5.92 Å². The van der Waals surface area contributed by atoms with E-state index < -0.39 is 0 Å². The molecule has 0 spiro atoms. The molecule has 78 valence electrons. The lowest BCUT2D eigenvalue weighted by molar-refractivity contribution is 0.0943. The summed E-state index contributed by atoms with van der Waals surface area (Å²) in [5, 5.41) is 0. The van der Waals surface area contributed by atoms with Gasteiger partial charge >= 0.3 is 0 Å². The quantitative estimate of drug-likeness (QED) is 0.549. The molecule has 1 aliphatic rings. The van der Waals surface area contributed by atoms with Gasteiger partial charge in [-0.15, -0.1) is 0 Å². The summed E-state index contributed by atoms with van der Waals surface area (Å²) >= 11 is 0. The summed E-state index contributed by atoms with van der Waals surface area (Å²) in [5.74, 6) is 0.146. The number of carbonyl (C=O) groups excluding carboxylic acids is 1. The van der Waals surface area contributed by atoms with Crippen LogP contribution in [0.5, 0.6) is 0 Å². The van der Waals surface area contributed by atoms with Gasteiger partial charge in [-0.2, -0.15) is 0 Å². The highest BCUT2D eigenvalue weighted by Gasteiger charge is 2.25. The van der Waals surface area contributed by atoms with Gasteiger partial charge in [-0.3, -0.25) is 4.79 Å². The number of hydrogen-bond acceptors (Lipinski definition) is 4. The van der Waals surface area contributed by atoms with E-state index in [2.05, 4.69) is 4.98 Å². The van der Waals surface area contributed by atoms with Crippen molar-refractivity contribution in [2.24, 2.45) is 11.7 Å². The summed E-state index contributed by atoms with van der Waals surface area (Å²) in [5.41, 5.74) is 11.8. The molecule has 2 unspecified atom stereocenters. The molecule has 2 atom stereocenters. The maximum absolute atomic E-state index is 12.0. The Kier molecular flexibility index (Phi) is 2.51. The Bertz CT molecular complexity index is 414. The lowest BCUT2D eigenvalue weighted by atomic mass is 9.97. The van der Waals surface area contributed by atoms with Crippen LogP contribution in [-0.2, 0) is 0 Å². The summed E-state index contributed by atoms with van der Waals surface area (Å²) < 4.78 is 0. The van der Waals surface area contributed by atoms with Gasteiger partial charge in [0.1, 0.15) is 5.82 Å². The van der Waals surface area contributed by atoms with Crippen LogP contribution in [0.15, 0.2) is 30.5 Å². The van der Waals surface area contributed by atoms with Crippen molar-refractivity contribution in [3.05, 3.63) is 36.0 Å². The van der Waals surface area contributed by atoms with Gasteiger partial charge in [0.05, 0.1) is 5.56 Å². The first-order valence-electron chi connectivity index (χ1n) is 4.87. The Morgan fingerprint density at radius 1 is 1.47 bits per heavy atom. The maximum Gasteiger partial charge on any atom is 0.173 e. The van der Waals surface area contributed by atoms with E-state index in [-0.39, 0.29) is 23.6 Å². The minimum Gasteiger partial charge on any atom is -0.383 e. The molecule has 4 heteroatoms. The Labute approximate surface area is 88.0 Å². The smallest absolute Gasteiger partial charge is 0.173 e. The molecule has 2 rings (SSSR count). The first kappa shape index (κ1) is 9.86. The zero-order valence-electron chi connectivity index (χ0n) is 8.26. The SMILES string of the molecule is Nc1ncccc1C(=O)C1C=CC(N)C1. The van der Waals surface area contributed by atoms with Gasteiger partial charge < -0.3 is 11.5 Å². The molecule has 0 amide bonds. The summed E-state index contributed by atoms with van der Waals surface area (Å²) in [4.78, 5) is 15.9. The van der Waals surface area contributed by atoms with Crippen molar-refractivity contribution in [1.29, 1.82) is 0 Å². The minimum absolute atomic E-state index is 0.00444. The molecule has 4 N–H and O–H groups in total. The van der Waals surface area contributed by atoms with Crippen molar-refractivity contribution in [1.82, 2.24) is 4.98 Å².